The van der Waals surface area contributed by atoms with Crippen LogP contribution < -0.4 is 11.3 Å². The maximum atomic E-state index is 11.4. The summed E-state index contributed by atoms with van der Waals surface area (Å²) in [5.41, 5.74) is 5.74. The van der Waals surface area contributed by atoms with E-state index in [1.54, 1.807) is 16.9 Å². The van der Waals surface area contributed by atoms with Crippen molar-refractivity contribution >= 4 is 0 Å². The standard InChI is InChI=1S/C9H13N3O/c10-7-3-4-8(6-7)12-9(13)2-1-5-11-12/h1-2,5,7-8H,3-4,6,10H2/t7-,8?/m1/s1. The molecule has 2 atom stereocenters. The average molecular weight is 179 g/mol. The van der Waals surface area contributed by atoms with Crippen LogP contribution in [0, 0.1) is 0 Å². The highest BCUT2D eigenvalue weighted by Gasteiger charge is 2.24. The van der Waals surface area contributed by atoms with Crippen molar-refractivity contribution in [2.75, 3.05) is 0 Å². The summed E-state index contributed by atoms with van der Waals surface area (Å²) in [6.45, 7) is 0. The molecule has 2 N–H and O–H groups in total. The minimum atomic E-state index is -0.0263. The molecule has 1 fully saturated rings. The number of nitrogens with two attached hydrogens (primary N) is 1. The summed E-state index contributed by atoms with van der Waals surface area (Å²) >= 11 is 0. The van der Waals surface area contributed by atoms with Gasteiger partial charge in [0.15, 0.2) is 0 Å². The van der Waals surface area contributed by atoms with Gasteiger partial charge in [-0.25, -0.2) is 4.68 Å². The van der Waals surface area contributed by atoms with Gasteiger partial charge >= 0.3 is 0 Å². The molecule has 1 aliphatic carbocycles. The molecule has 1 unspecified atom stereocenters. The SMILES string of the molecule is N[C@@H]1CCC(n2ncccc2=O)C1. The lowest BCUT2D eigenvalue weighted by molar-refractivity contribution is 0.438. The zero-order chi connectivity index (χ0) is 9.26. The third-order valence-electron chi connectivity index (χ3n) is 2.53. The molecule has 1 heterocycles. The number of aromatic nitrogens is 2. The van der Waals surface area contributed by atoms with E-state index in [0.717, 1.165) is 19.3 Å². The predicted molar refractivity (Wildman–Crippen MR) is 49.4 cm³/mol. The molecule has 13 heavy (non-hydrogen) atoms. The molecule has 1 aromatic heterocycles. The fourth-order valence-electron chi connectivity index (χ4n) is 1.86. The van der Waals surface area contributed by atoms with Gasteiger partial charge in [-0.1, -0.05) is 0 Å². The fraction of sp³-hybridized carbons (Fsp3) is 0.556. The highest BCUT2D eigenvalue weighted by Crippen LogP contribution is 2.26. The minimum absolute atomic E-state index is 0.0263. The Morgan fingerprint density at radius 3 is 3.00 bits per heavy atom. The lowest BCUT2D eigenvalue weighted by atomic mass is 10.2. The van der Waals surface area contributed by atoms with Gasteiger partial charge in [0.1, 0.15) is 0 Å². The highest BCUT2D eigenvalue weighted by molar-refractivity contribution is 4.89. The second-order valence-electron chi connectivity index (χ2n) is 3.53. The van der Waals surface area contributed by atoms with Crippen molar-refractivity contribution in [3.8, 4) is 0 Å². The van der Waals surface area contributed by atoms with E-state index in [1.165, 1.54) is 6.07 Å². The molecule has 1 aromatic rings. The van der Waals surface area contributed by atoms with Crippen molar-refractivity contribution in [2.24, 2.45) is 5.73 Å². The molecule has 0 amide bonds. The smallest absolute Gasteiger partial charge is 0.266 e. The Bertz CT molecular complexity index is 347. The maximum Gasteiger partial charge on any atom is 0.266 e. The van der Waals surface area contributed by atoms with Crippen LogP contribution in [0.15, 0.2) is 23.1 Å². The van der Waals surface area contributed by atoms with Crippen molar-refractivity contribution in [2.45, 2.75) is 31.3 Å². The van der Waals surface area contributed by atoms with Crippen LogP contribution in [0.2, 0.25) is 0 Å². The van der Waals surface area contributed by atoms with Gasteiger partial charge < -0.3 is 5.73 Å². The van der Waals surface area contributed by atoms with Crippen LogP contribution in [0.25, 0.3) is 0 Å². The molecule has 0 aromatic carbocycles. The van der Waals surface area contributed by atoms with Crippen molar-refractivity contribution in [1.82, 2.24) is 9.78 Å². The van der Waals surface area contributed by atoms with E-state index < -0.39 is 0 Å². The normalized spacial score (nSPS) is 27.8. The summed E-state index contributed by atoms with van der Waals surface area (Å²) < 4.78 is 1.55. The first-order chi connectivity index (χ1) is 6.27. The Kier molecular flexibility index (Phi) is 2.14. The van der Waals surface area contributed by atoms with E-state index in [0.29, 0.717) is 0 Å². The van der Waals surface area contributed by atoms with Crippen molar-refractivity contribution < 1.29 is 0 Å². The Balaban J connectivity index is 2.26. The van der Waals surface area contributed by atoms with E-state index in [2.05, 4.69) is 5.10 Å². The lowest BCUT2D eigenvalue weighted by Gasteiger charge is -2.10. The third kappa shape index (κ3) is 1.62. The van der Waals surface area contributed by atoms with Gasteiger partial charge in [-0.3, -0.25) is 4.79 Å². The zero-order valence-corrected chi connectivity index (χ0v) is 7.39. The first kappa shape index (κ1) is 8.44. The van der Waals surface area contributed by atoms with Gasteiger partial charge in [-0.15, -0.1) is 0 Å². The molecule has 4 heteroatoms. The molecule has 4 nitrogen and oxygen atoms in total. The molecule has 0 aliphatic heterocycles. The van der Waals surface area contributed by atoms with Gasteiger partial charge in [0.25, 0.3) is 5.56 Å². The number of rotatable bonds is 1. The summed E-state index contributed by atoms with van der Waals surface area (Å²) in [5, 5.41) is 4.04. The van der Waals surface area contributed by atoms with Crippen LogP contribution in [0.3, 0.4) is 0 Å². The Hall–Kier alpha value is -1.16. The van der Waals surface area contributed by atoms with Crippen LogP contribution in [-0.2, 0) is 0 Å². The minimum Gasteiger partial charge on any atom is -0.328 e. The van der Waals surface area contributed by atoms with Crippen molar-refractivity contribution in [1.29, 1.82) is 0 Å². The van der Waals surface area contributed by atoms with E-state index in [4.69, 9.17) is 5.73 Å². The maximum absolute atomic E-state index is 11.4. The number of hydrogen-bond donors (Lipinski definition) is 1. The van der Waals surface area contributed by atoms with Crippen LogP contribution in [0.5, 0.6) is 0 Å². The monoisotopic (exact) mass is 179 g/mol. The summed E-state index contributed by atoms with van der Waals surface area (Å²) in [6.07, 6.45) is 4.48. The van der Waals surface area contributed by atoms with Gasteiger partial charge in [-0.2, -0.15) is 5.10 Å². The van der Waals surface area contributed by atoms with E-state index >= 15 is 0 Å². The van der Waals surface area contributed by atoms with Crippen LogP contribution >= 0.6 is 0 Å². The van der Waals surface area contributed by atoms with Crippen LogP contribution in [0.4, 0.5) is 0 Å². The first-order valence-corrected chi connectivity index (χ1v) is 4.57. The molecule has 0 saturated heterocycles. The zero-order valence-electron chi connectivity index (χ0n) is 7.39. The average Bonchev–Trinajstić information content (AvgIpc) is 2.53. The molecule has 2 rings (SSSR count). The van der Waals surface area contributed by atoms with Crippen molar-refractivity contribution in [3.05, 3.63) is 28.7 Å². The lowest BCUT2D eigenvalue weighted by Crippen LogP contribution is -2.26. The van der Waals surface area contributed by atoms with Crippen LogP contribution in [0.1, 0.15) is 25.3 Å². The molecular formula is C9H13N3O. The molecule has 70 valence electrons. The highest BCUT2D eigenvalue weighted by atomic mass is 16.1. The van der Waals surface area contributed by atoms with Crippen molar-refractivity contribution in [3.63, 3.8) is 0 Å². The van der Waals surface area contributed by atoms with Gasteiger partial charge in [-0.05, 0) is 25.3 Å². The summed E-state index contributed by atoms with van der Waals surface area (Å²) in [4.78, 5) is 11.4. The number of nitrogens with zero attached hydrogens (tertiary/aromatic N) is 2. The molecular weight excluding hydrogens is 166 g/mol. The van der Waals surface area contributed by atoms with E-state index in [1.807, 2.05) is 0 Å². The Morgan fingerprint density at radius 2 is 2.38 bits per heavy atom. The molecule has 0 radical (unpaired) electrons. The molecule has 0 bridgehead atoms. The van der Waals surface area contributed by atoms with Gasteiger partial charge in [0.2, 0.25) is 0 Å². The second kappa shape index (κ2) is 3.30. The van der Waals surface area contributed by atoms with E-state index in [-0.39, 0.29) is 17.6 Å². The quantitative estimate of drug-likeness (QED) is 0.674. The topological polar surface area (TPSA) is 60.9 Å². The van der Waals surface area contributed by atoms with Crippen LogP contribution in [-0.4, -0.2) is 15.8 Å². The fourth-order valence-corrected chi connectivity index (χ4v) is 1.86. The molecule has 0 spiro atoms. The molecule has 1 aliphatic rings. The number of hydrogen-bond acceptors (Lipinski definition) is 3. The Labute approximate surface area is 76.4 Å². The van der Waals surface area contributed by atoms with Gasteiger partial charge in [0, 0.05) is 18.3 Å². The first-order valence-electron chi connectivity index (χ1n) is 4.57. The largest absolute Gasteiger partial charge is 0.328 e. The third-order valence-corrected chi connectivity index (χ3v) is 2.53. The van der Waals surface area contributed by atoms with Gasteiger partial charge in [0.05, 0.1) is 6.04 Å². The summed E-state index contributed by atoms with van der Waals surface area (Å²) in [6, 6.07) is 3.65. The van der Waals surface area contributed by atoms with E-state index in [9.17, 15) is 4.79 Å². The summed E-state index contributed by atoms with van der Waals surface area (Å²) in [5.74, 6) is 0. The summed E-state index contributed by atoms with van der Waals surface area (Å²) in [7, 11) is 0. The molecule has 1 saturated carbocycles. The second-order valence-corrected chi connectivity index (χ2v) is 3.53. The Morgan fingerprint density at radius 1 is 1.54 bits per heavy atom. The predicted octanol–water partition coefficient (Wildman–Crippen LogP) is 0.296.